The first-order valence-electron chi connectivity index (χ1n) is 7.06. The lowest BCUT2D eigenvalue weighted by Crippen LogP contribution is -2.57. The van der Waals surface area contributed by atoms with E-state index in [2.05, 4.69) is 33.1 Å². The maximum absolute atomic E-state index is 12.4. The fraction of sp³-hybridized carbons (Fsp3) is 0.643. The highest BCUT2D eigenvalue weighted by Gasteiger charge is 2.35. The Morgan fingerprint density at radius 1 is 1.47 bits per heavy atom. The Kier molecular flexibility index (Phi) is 3.67. The van der Waals surface area contributed by atoms with Crippen LogP contribution in [0.15, 0.2) is 16.7 Å². The standard InChI is InChI=1S/C14H20BrN3O/c1-2-18-8-11(15)7-13(18)14(19)16-12-9-17-5-3-10(12)4-6-17/h7-8,10,12H,2-6,9H2,1H3,(H,16,19). The lowest BCUT2D eigenvalue weighted by molar-refractivity contribution is 0.0615. The summed E-state index contributed by atoms with van der Waals surface area (Å²) in [6, 6.07) is 2.23. The highest BCUT2D eigenvalue weighted by atomic mass is 79.9. The summed E-state index contributed by atoms with van der Waals surface area (Å²) in [4.78, 5) is 14.9. The molecule has 0 aliphatic carbocycles. The van der Waals surface area contributed by atoms with Crippen molar-refractivity contribution >= 4 is 21.8 Å². The Morgan fingerprint density at radius 2 is 2.21 bits per heavy atom. The van der Waals surface area contributed by atoms with Crippen LogP contribution in [0.4, 0.5) is 0 Å². The van der Waals surface area contributed by atoms with E-state index in [1.54, 1.807) is 0 Å². The molecule has 1 aromatic rings. The summed E-state index contributed by atoms with van der Waals surface area (Å²) in [7, 11) is 0. The third-order valence-corrected chi connectivity index (χ3v) is 4.84. The van der Waals surface area contributed by atoms with Crippen molar-refractivity contribution in [3.63, 3.8) is 0 Å². The van der Waals surface area contributed by atoms with E-state index >= 15 is 0 Å². The van der Waals surface area contributed by atoms with Crippen LogP contribution in [-0.4, -0.2) is 41.1 Å². The number of nitrogens with zero attached hydrogens (tertiary/aromatic N) is 2. The molecule has 3 aliphatic rings. The summed E-state index contributed by atoms with van der Waals surface area (Å²) in [5, 5.41) is 3.23. The molecule has 0 radical (unpaired) electrons. The van der Waals surface area contributed by atoms with Crippen LogP contribution in [0.25, 0.3) is 0 Å². The second kappa shape index (κ2) is 5.29. The summed E-state index contributed by atoms with van der Waals surface area (Å²) in [6.45, 7) is 6.29. The number of hydrogen-bond donors (Lipinski definition) is 1. The molecule has 4 heterocycles. The van der Waals surface area contributed by atoms with Crippen LogP contribution in [0.5, 0.6) is 0 Å². The first kappa shape index (κ1) is 13.2. The van der Waals surface area contributed by atoms with Gasteiger partial charge in [0.1, 0.15) is 5.69 Å². The number of nitrogens with one attached hydrogen (secondary N) is 1. The quantitative estimate of drug-likeness (QED) is 0.924. The maximum atomic E-state index is 12.4. The van der Waals surface area contributed by atoms with Gasteiger partial charge in [-0.15, -0.1) is 0 Å². The first-order chi connectivity index (χ1) is 9.17. The molecule has 3 saturated heterocycles. The highest BCUT2D eigenvalue weighted by Crippen LogP contribution is 2.27. The topological polar surface area (TPSA) is 37.3 Å². The molecule has 3 aliphatic heterocycles. The van der Waals surface area contributed by atoms with Gasteiger partial charge in [-0.25, -0.2) is 0 Å². The Labute approximate surface area is 122 Å². The molecular weight excluding hydrogens is 306 g/mol. The summed E-state index contributed by atoms with van der Waals surface area (Å²) in [5.41, 5.74) is 0.755. The molecule has 5 heteroatoms. The molecule has 1 atom stereocenters. The van der Waals surface area contributed by atoms with Gasteiger partial charge in [-0.05, 0) is 60.8 Å². The molecule has 104 valence electrons. The molecule has 4 rings (SSSR count). The van der Waals surface area contributed by atoms with Gasteiger partial charge in [-0.2, -0.15) is 0 Å². The molecule has 1 N–H and O–H groups in total. The smallest absolute Gasteiger partial charge is 0.268 e. The number of aryl methyl sites for hydroxylation is 1. The van der Waals surface area contributed by atoms with E-state index in [1.807, 2.05) is 16.8 Å². The fourth-order valence-corrected chi connectivity index (χ4v) is 3.76. The third kappa shape index (κ3) is 2.58. The van der Waals surface area contributed by atoms with Crippen molar-refractivity contribution in [3.05, 3.63) is 22.4 Å². The van der Waals surface area contributed by atoms with Crippen LogP contribution in [0, 0.1) is 5.92 Å². The molecular formula is C14H20BrN3O. The van der Waals surface area contributed by atoms with E-state index in [0.717, 1.165) is 23.3 Å². The van der Waals surface area contributed by atoms with Crippen molar-refractivity contribution in [2.75, 3.05) is 19.6 Å². The number of amides is 1. The SMILES string of the molecule is CCn1cc(Br)cc1C(=O)NC1CN2CCC1CC2. The van der Waals surface area contributed by atoms with Gasteiger partial charge in [-0.3, -0.25) is 4.79 Å². The molecule has 0 aromatic carbocycles. The zero-order valence-electron chi connectivity index (χ0n) is 11.2. The normalized spacial score (nSPS) is 29.5. The molecule has 4 nitrogen and oxygen atoms in total. The lowest BCUT2D eigenvalue weighted by atomic mass is 9.84. The van der Waals surface area contributed by atoms with Crippen molar-refractivity contribution in [1.82, 2.24) is 14.8 Å². The van der Waals surface area contributed by atoms with Crippen molar-refractivity contribution in [3.8, 4) is 0 Å². The number of hydrogen-bond acceptors (Lipinski definition) is 2. The van der Waals surface area contributed by atoms with Gasteiger partial charge in [0.2, 0.25) is 0 Å². The van der Waals surface area contributed by atoms with E-state index in [4.69, 9.17) is 0 Å². The van der Waals surface area contributed by atoms with Crippen LogP contribution >= 0.6 is 15.9 Å². The number of halogens is 1. The molecule has 3 fully saturated rings. The number of piperidine rings is 3. The zero-order chi connectivity index (χ0) is 13.4. The number of carbonyl (C=O) groups is 1. The monoisotopic (exact) mass is 325 g/mol. The Balaban J connectivity index is 1.71. The fourth-order valence-electron chi connectivity index (χ4n) is 3.30. The molecule has 1 aromatic heterocycles. The van der Waals surface area contributed by atoms with Crippen molar-refractivity contribution < 1.29 is 4.79 Å². The van der Waals surface area contributed by atoms with Crippen LogP contribution < -0.4 is 5.32 Å². The minimum absolute atomic E-state index is 0.0614. The van der Waals surface area contributed by atoms with E-state index in [0.29, 0.717) is 12.0 Å². The summed E-state index contributed by atoms with van der Waals surface area (Å²) in [6.07, 6.45) is 4.41. The second-order valence-corrected chi connectivity index (χ2v) is 6.46. The molecule has 0 spiro atoms. The van der Waals surface area contributed by atoms with E-state index in [9.17, 15) is 4.79 Å². The predicted molar refractivity (Wildman–Crippen MR) is 78.2 cm³/mol. The lowest BCUT2D eigenvalue weighted by Gasteiger charge is -2.44. The number of rotatable bonds is 3. The molecule has 2 bridgehead atoms. The van der Waals surface area contributed by atoms with Gasteiger partial charge in [0.15, 0.2) is 0 Å². The van der Waals surface area contributed by atoms with Gasteiger partial charge in [0.05, 0.1) is 0 Å². The minimum atomic E-state index is 0.0614. The van der Waals surface area contributed by atoms with Crippen molar-refractivity contribution in [1.29, 1.82) is 0 Å². The van der Waals surface area contributed by atoms with E-state index in [-0.39, 0.29) is 5.91 Å². The molecule has 1 amide bonds. The second-order valence-electron chi connectivity index (χ2n) is 5.55. The third-order valence-electron chi connectivity index (χ3n) is 4.41. The van der Waals surface area contributed by atoms with Crippen LogP contribution in [0.3, 0.4) is 0 Å². The molecule has 19 heavy (non-hydrogen) atoms. The van der Waals surface area contributed by atoms with Crippen molar-refractivity contribution in [2.45, 2.75) is 32.4 Å². The predicted octanol–water partition coefficient (Wildman–Crippen LogP) is 2.09. The Hall–Kier alpha value is -0.810. The highest BCUT2D eigenvalue weighted by molar-refractivity contribution is 9.10. The number of fused-ring (bicyclic) bond motifs is 3. The maximum Gasteiger partial charge on any atom is 0.268 e. The zero-order valence-corrected chi connectivity index (χ0v) is 12.8. The van der Waals surface area contributed by atoms with Gasteiger partial charge >= 0.3 is 0 Å². The molecule has 1 unspecified atom stereocenters. The van der Waals surface area contributed by atoms with Crippen molar-refractivity contribution in [2.24, 2.45) is 5.92 Å². The number of aromatic nitrogens is 1. The average molecular weight is 326 g/mol. The largest absolute Gasteiger partial charge is 0.346 e. The number of carbonyl (C=O) groups excluding carboxylic acids is 1. The Bertz CT molecular complexity index is 477. The molecule has 0 saturated carbocycles. The summed E-state index contributed by atoms with van der Waals surface area (Å²) < 4.78 is 2.95. The summed E-state index contributed by atoms with van der Waals surface area (Å²) >= 11 is 3.44. The van der Waals surface area contributed by atoms with Gasteiger partial charge in [0.25, 0.3) is 5.91 Å². The van der Waals surface area contributed by atoms with Gasteiger partial charge in [-0.1, -0.05) is 0 Å². The van der Waals surface area contributed by atoms with Crippen LogP contribution in [0.2, 0.25) is 0 Å². The minimum Gasteiger partial charge on any atom is -0.346 e. The Morgan fingerprint density at radius 3 is 2.79 bits per heavy atom. The van der Waals surface area contributed by atoms with E-state index in [1.165, 1.54) is 25.9 Å². The van der Waals surface area contributed by atoms with Crippen LogP contribution in [-0.2, 0) is 6.54 Å². The van der Waals surface area contributed by atoms with Gasteiger partial charge < -0.3 is 14.8 Å². The van der Waals surface area contributed by atoms with E-state index < -0.39 is 0 Å². The van der Waals surface area contributed by atoms with Crippen LogP contribution in [0.1, 0.15) is 30.3 Å². The first-order valence-corrected chi connectivity index (χ1v) is 7.85. The average Bonchev–Trinajstić information content (AvgIpc) is 2.81. The summed E-state index contributed by atoms with van der Waals surface area (Å²) in [5.74, 6) is 0.730. The van der Waals surface area contributed by atoms with Gasteiger partial charge in [0, 0.05) is 29.8 Å².